The lowest BCUT2D eigenvalue weighted by atomic mass is 9.99. The standard InChI is InChI=1S/C18H15NO2/c1-3-7-14(4-2)15-10-12-16(13-11-15)17-8-5-6-9-18(17)19(20)21/h3-13H,1-2H2/b14-7+. The molecule has 3 heteroatoms. The molecule has 0 saturated carbocycles. The topological polar surface area (TPSA) is 43.1 Å². The maximum atomic E-state index is 11.1. The van der Waals surface area contributed by atoms with E-state index in [2.05, 4.69) is 13.2 Å². The van der Waals surface area contributed by atoms with E-state index in [1.807, 2.05) is 30.3 Å². The van der Waals surface area contributed by atoms with Crippen LogP contribution in [-0.4, -0.2) is 4.92 Å². The molecule has 2 aromatic rings. The van der Waals surface area contributed by atoms with E-state index in [4.69, 9.17) is 0 Å². The highest BCUT2D eigenvalue weighted by Crippen LogP contribution is 2.30. The lowest BCUT2D eigenvalue weighted by Crippen LogP contribution is -1.91. The smallest absolute Gasteiger partial charge is 0.258 e. The normalized spacial score (nSPS) is 11.0. The summed E-state index contributed by atoms with van der Waals surface area (Å²) in [5, 5.41) is 11.1. The Kier molecular flexibility index (Phi) is 4.46. The maximum absolute atomic E-state index is 11.1. The van der Waals surface area contributed by atoms with Crippen molar-refractivity contribution < 1.29 is 4.92 Å². The minimum atomic E-state index is -0.365. The van der Waals surface area contributed by atoms with Crippen molar-refractivity contribution >= 4 is 11.3 Å². The molecule has 2 aromatic carbocycles. The number of hydrogen-bond acceptors (Lipinski definition) is 2. The zero-order chi connectivity index (χ0) is 15.2. The van der Waals surface area contributed by atoms with Gasteiger partial charge in [0.05, 0.1) is 10.5 Å². The summed E-state index contributed by atoms with van der Waals surface area (Å²) in [5.74, 6) is 0. The monoisotopic (exact) mass is 277 g/mol. The number of hydrogen-bond donors (Lipinski definition) is 0. The summed E-state index contributed by atoms with van der Waals surface area (Å²) < 4.78 is 0. The lowest BCUT2D eigenvalue weighted by Gasteiger charge is -2.06. The fraction of sp³-hybridized carbons (Fsp3) is 0. The Morgan fingerprint density at radius 1 is 1.05 bits per heavy atom. The Balaban J connectivity index is 2.45. The zero-order valence-corrected chi connectivity index (χ0v) is 11.5. The van der Waals surface area contributed by atoms with Crippen molar-refractivity contribution in [3.8, 4) is 11.1 Å². The molecule has 2 rings (SSSR count). The van der Waals surface area contributed by atoms with Crippen LogP contribution in [-0.2, 0) is 0 Å². The van der Waals surface area contributed by atoms with E-state index in [-0.39, 0.29) is 10.6 Å². The van der Waals surface area contributed by atoms with Crippen molar-refractivity contribution in [3.63, 3.8) is 0 Å². The molecule has 0 aromatic heterocycles. The number of allylic oxidation sites excluding steroid dienone is 4. The van der Waals surface area contributed by atoms with Gasteiger partial charge in [-0.15, -0.1) is 0 Å². The van der Waals surface area contributed by atoms with Crippen LogP contribution in [0.15, 0.2) is 79.9 Å². The molecule has 0 heterocycles. The van der Waals surface area contributed by atoms with Crippen LogP contribution in [0, 0.1) is 10.1 Å². The third-order valence-corrected chi connectivity index (χ3v) is 3.15. The highest BCUT2D eigenvalue weighted by atomic mass is 16.6. The summed E-state index contributed by atoms with van der Waals surface area (Å²) in [7, 11) is 0. The minimum Gasteiger partial charge on any atom is -0.258 e. The van der Waals surface area contributed by atoms with Crippen LogP contribution >= 0.6 is 0 Å². The van der Waals surface area contributed by atoms with Crippen LogP contribution in [0.25, 0.3) is 16.7 Å². The largest absolute Gasteiger partial charge is 0.277 e. The SMILES string of the molecule is C=C/C=C(\C=C)c1ccc(-c2ccccc2[N+](=O)[O-])cc1. The van der Waals surface area contributed by atoms with Crippen molar-refractivity contribution in [3.05, 3.63) is 95.6 Å². The molecule has 0 atom stereocenters. The van der Waals surface area contributed by atoms with Crippen LogP contribution in [0.4, 0.5) is 5.69 Å². The molecule has 104 valence electrons. The summed E-state index contributed by atoms with van der Waals surface area (Å²) in [5.41, 5.74) is 3.48. The predicted molar refractivity (Wildman–Crippen MR) is 86.9 cm³/mol. The van der Waals surface area contributed by atoms with Gasteiger partial charge in [0, 0.05) is 6.07 Å². The summed E-state index contributed by atoms with van der Waals surface area (Å²) in [4.78, 5) is 10.7. The van der Waals surface area contributed by atoms with Gasteiger partial charge in [-0.1, -0.05) is 67.8 Å². The Labute approximate surface area is 123 Å². The molecule has 0 fully saturated rings. The van der Waals surface area contributed by atoms with Gasteiger partial charge in [-0.05, 0) is 22.8 Å². The summed E-state index contributed by atoms with van der Waals surface area (Å²) in [6.45, 7) is 7.44. The first kappa shape index (κ1) is 14.5. The Morgan fingerprint density at radius 2 is 1.71 bits per heavy atom. The molecule has 0 bridgehead atoms. The molecular weight excluding hydrogens is 262 g/mol. The number of rotatable bonds is 5. The molecule has 0 spiro atoms. The van der Waals surface area contributed by atoms with E-state index in [9.17, 15) is 10.1 Å². The average Bonchev–Trinajstić information content (AvgIpc) is 2.53. The van der Waals surface area contributed by atoms with Crippen LogP contribution in [0.5, 0.6) is 0 Å². The van der Waals surface area contributed by atoms with Crippen molar-refractivity contribution in [1.82, 2.24) is 0 Å². The molecule has 0 aliphatic rings. The lowest BCUT2D eigenvalue weighted by molar-refractivity contribution is -0.384. The Morgan fingerprint density at radius 3 is 2.29 bits per heavy atom. The number of benzene rings is 2. The molecule has 0 saturated heterocycles. The second kappa shape index (κ2) is 6.48. The van der Waals surface area contributed by atoms with Crippen LogP contribution in [0.1, 0.15) is 5.56 Å². The van der Waals surface area contributed by atoms with Gasteiger partial charge in [0.15, 0.2) is 0 Å². The first-order valence-electron chi connectivity index (χ1n) is 6.46. The van der Waals surface area contributed by atoms with Crippen LogP contribution in [0.3, 0.4) is 0 Å². The number of para-hydroxylation sites is 1. The Hall–Kier alpha value is -2.94. The van der Waals surface area contributed by atoms with Gasteiger partial charge in [0.2, 0.25) is 0 Å². The van der Waals surface area contributed by atoms with Crippen molar-refractivity contribution in [2.75, 3.05) is 0 Å². The van der Waals surface area contributed by atoms with E-state index in [0.29, 0.717) is 5.56 Å². The molecule has 0 aliphatic heterocycles. The van der Waals surface area contributed by atoms with Crippen LogP contribution in [0.2, 0.25) is 0 Å². The third-order valence-electron chi connectivity index (χ3n) is 3.15. The quantitative estimate of drug-likeness (QED) is 0.437. The van der Waals surface area contributed by atoms with E-state index in [0.717, 1.165) is 16.7 Å². The molecular formula is C18H15NO2. The molecule has 0 aliphatic carbocycles. The fourth-order valence-corrected chi connectivity index (χ4v) is 2.13. The highest BCUT2D eigenvalue weighted by Gasteiger charge is 2.13. The zero-order valence-electron chi connectivity index (χ0n) is 11.5. The molecule has 0 amide bonds. The average molecular weight is 277 g/mol. The highest BCUT2D eigenvalue weighted by molar-refractivity contribution is 5.78. The maximum Gasteiger partial charge on any atom is 0.277 e. The van der Waals surface area contributed by atoms with Gasteiger partial charge >= 0.3 is 0 Å². The van der Waals surface area contributed by atoms with Crippen molar-refractivity contribution in [2.45, 2.75) is 0 Å². The first-order valence-corrected chi connectivity index (χ1v) is 6.46. The summed E-state index contributed by atoms with van der Waals surface area (Å²) >= 11 is 0. The van der Waals surface area contributed by atoms with Gasteiger partial charge in [0.25, 0.3) is 5.69 Å². The first-order chi connectivity index (χ1) is 10.2. The van der Waals surface area contributed by atoms with Crippen LogP contribution < -0.4 is 0 Å². The van der Waals surface area contributed by atoms with E-state index < -0.39 is 0 Å². The fourth-order valence-electron chi connectivity index (χ4n) is 2.13. The third kappa shape index (κ3) is 3.15. The second-order valence-electron chi connectivity index (χ2n) is 4.41. The van der Waals surface area contributed by atoms with Crippen molar-refractivity contribution in [1.29, 1.82) is 0 Å². The molecule has 3 nitrogen and oxygen atoms in total. The summed E-state index contributed by atoms with van der Waals surface area (Å²) in [6.07, 6.45) is 5.32. The molecule has 0 radical (unpaired) electrons. The van der Waals surface area contributed by atoms with E-state index >= 15 is 0 Å². The van der Waals surface area contributed by atoms with Gasteiger partial charge in [-0.25, -0.2) is 0 Å². The minimum absolute atomic E-state index is 0.107. The predicted octanol–water partition coefficient (Wildman–Crippen LogP) is 5.02. The summed E-state index contributed by atoms with van der Waals surface area (Å²) in [6, 6.07) is 14.3. The van der Waals surface area contributed by atoms with E-state index in [1.165, 1.54) is 6.07 Å². The van der Waals surface area contributed by atoms with Gasteiger partial charge in [-0.2, -0.15) is 0 Å². The molecule has 0 unspecified atom stereocenters. The molecule has 21 heavy (non-hydrogen) atoms. The van der Waals surface area contributed by atoms with Gasteiger partial charge in [-0.3, -0.25) is 10.1 Å². The number of nitrogens with zero attached hydrogens (tertiary/aromatic N) is 1. The number of nitro groups is 1. The number of nitro benzene ring substituents is 1. The van der Waals surface area contributed by atoms with Crippen molar-refractivity contribution in [2.24, 2.45) is 0 Å². The van der Waals surface area contributed by atoms with E-state index in [1.54, 1.807) is 30.4 Å². The molecule has 0 N–H and O–H groups in total. The Bertz CT molecular complexity index is 712. The van der Waals surface area contributed by atoms with Gasteiger partial charge in [0.1, 0.15) is 0 Å². The second-order valence-corrected chi connectivity index (χ2v) is 4.41. The van der Waals surface area contributed by atoms with Gasteiger partial charge < -0.3 is 0 Å².